The summed E-state index contributed by atoms with van der Waals surface area (Å²) in [4.78, 5) is 32.0. The molecule has 6 heteroatoms. The summed E-state index contributed by atoms with van der Waals surface area (Å²) in [5, 5.41) is 0.482. The van der Waals surface area contributed by atoms with E-state index in [1.54, 1.807) is 36.2 Å². The van der Waals surface area contributed by atoms with Gasteiger partial charge in [0.1, 0.15) is 12.4 Å². The van der Waals surface area contributed by atoms with Crippen LogP contribution in [0.1, 0.15) is 22.7 Å². The third-order valence-corrected chi connectivity index (χ3v) is 5.44. The summed E-state index contributed by atoms with van der Waals surface area (Å²) < 4.78 is 14.8. The van der Waals surface area contributed by atoms with E-state index >= 15 is 0 Å². The summed E-state index contributed by atoms with van der Waals surface area (Å²) in [7, 11) is 1.69. The van der Waals surface area contributed by atoms with Crippen molar-refractivity contribution in [3.63, 3.8) is 0 Å². The van der Waals surface area contributed by atoms with Gasteiger partial charge in [-0.25, -0.2) is 9.37 Å². The Morgan fingerprint density at radius 3 is 2.39 bits per heavy atom. The van der Waals surface area contributed by atoms with Gasteiger partial charge in [0, 0.05) is 7.05 Å². The molecule has 1 unspecified atom stereocenters. The zero-order valence-corrected chi connectivity index (χ0v) is 17.3. The standard InChI is InChI=1S/C25H22FN3O2/c1-17-7-6-10-21-23(17)27-16-29(25(21)31)15-22(30)28(2)24(18-8-4-3-5-9-18)19-11-13-20(26)14-12-19/h3-14,16,24H,15H2,1-2H3. The molecule has 156 valence electrons. The first-order chi connectivity index (χ1) is 15.0. The number of hydrogen-bond acceptors (Lipinski definition) is 3. The van der Waals surface area contributed by atoms with E-state index in [9.17, 15) is 14.0 Å². The number of halogens is 1. The molecule has 0 spiro atoms. The first kappa shape index (κ1) is 20.5. The molecule has 1 heterocycles. The molecule has 0 aliphatic rings. The summed E-state index contributed by atoms with van der Waals surface area (Å²) in [5.74, 6) is -0.595. The van der Waals surface area contributed by atoms with E-state index in [1.165, 1.54) is 23.0 Å². The summed E-state index contributed by atoms with van der Waals surface area (Å²) in [6.07, 6.45) is 1.42. The highest BCUT2D eigenvalue weighted by atomic mass is 19.1. The van der Waals surface area contributed by atoms with Crippen LogP contribution < -0.4 is 5.56 Å². The molecule has 0 radical (unpaired) electrons. The van der Waals surface area contributed by atoms with Crippen LogP contribution in [-0.4, -0.2) is 27.4 Å². The molecule has 4 aromatic rings. The topological polar surface area (TPSA) is 55.2 Å². The second-order valence-corrected chi connectivity index (χ2v) is 7.52. The molecule has 0 fully saturated rings. The Morgan fingerprint density at radius 2 is 1.68 bits per heavy atom. The quantitative estimate of drug-likeness (QED) is 0.493. The number of nitrogens with zero attached hydrogens (tertiary/aromatic N) is 3. The number of carbonyl (C=O) groups excluding carboxylic acids is 1. The summed E-state index contributed by atoms with van der Waals surface area (Å²) in [6.45, 7) is 1.75. The Balaban J connectivity index is 1.68. The Bertz CT molecular complexity index is 1280. The lowest BCUT2D eigenvalue weighted by molar-refractivity contribution is -0.132. The maximum Gasteiger partial charge on any atom is 0.261 e. The Morgan fingerprint density at radius 1 is 1.00 bits per heavy atom. The zero-order valence-electron chi connectivity index (χ0n) is 17.3. The number of likely N-dealkylation sites (N-methyl/N-ethyl adjacent to an activating group) is 1. The number of para-hydroxylation sites is 1. The van der Waals surface area contributed by atoms with Crippen LogP contribution >= 0.6 is 0 Å². The van der Waals surface area contributed by atoms with Crippen molar-refractivity contribution in [3.8, 4) is 0 Å². The Labute approximate surface area is 179 Å². The van der Waals surface area contributed by atoms with E-state index < -0.39 is 6.04 Å². The van der Waals surface area contributed by atoms with Crippen molar-refractivity contribution < 1.29 is 9.18 Å². The maximum absolute atomic E-state index is 13.5. The van der Waals surface area contributed by atoms with Crippen LogP contribution in [0.15, 0.2) is 83.9 Å². The number of fused-ring (bicyclic) bond motifs is 1. The van der Waals surface area contributed by atoms with E-state index in [1.807, 2.05) is 43.3 Å². The maximum atomic E-state index is 13.5. The van der Waals surface area contributed by atoms with Crippen LogP contribution in [0, 0.1) is 12.7 Å². The van der Waals surface area contributed by atoms with Gasteiger partial charge >= 0.3 is 0 Å². The number of amides is 1. The van der Waals surface area contributed by atoms with Gasteiger partial charge in [-0.05, 0) is 41.8 Å². The fourth-order valence-corrected chi connectivity index (χ4v) is 3.77. The minimum atomic E-state index is -0.416. The summed E-state index contributed by atoms with van der Waals surface area (Å²) in [5.41, 5.74) is 2.96. The average Bonchev–Trinajstić information content (AvgIpc) is 2.78. The average molecular weight is 415 g/mol. The van der Waals surface area contributed by atoms with E-state index in [4.69, 9.17) is 0 Å². The normalized spacial score (nSPS) is 12.0. The number of benzene rings is 3. The van der Waals surface area contributed by atoms with Gasteiger partial charge in [0.2, 0.25) is 5.91 Å². The first-order valence-electron chi connectivity index (χ1n) is 9.96. The second kappa shape index (κ2) is 8.52. The smallest absolute Gasteiger partial charge is 0.261 e. The molecule has 0 saturated heterocycles. The molecule has 1 amide bonds. The predicted octanol–water partition coefficient (Wildman–Crippen LogP) is 4.09. The minimum Gasteiger partial charge on any atom is -0.333 e. The van der Waals surface area contributed by atoms with Crippen molar-refractivity contribution in [2.75, 3.05) is 7.05 Å². The fourth-order valence-electron chi connectivity index (χ4n) is 3.77. The lowest BCUT2D eigenvalue weighted by Gasteiger charge is -2.29. The lowest BCUT2D eigenvalue weighted by atomic mass is 9.97. The van der Waals surface area contributed by atoms with Crippen LogP contribution in [0.2, 0.25) is 0 Å². The molecule has 0 bridgehead atoms. The molecule has 0 saturated carbocycles. The van der Waals surface area contributed by atoms with Gasteiger partial charge in [-0.1, -0.05) is 54.6 Å². The fraction of sp³-hybridized carbons (Fsp3) is 0.160. The number of hydrogen-bond donors (Lipinski definition) is 0. The van der Waals surface area contributed by atoms with Gasteiger partial charge < -0.3 is 4.90 Å². The van der Waals surface area contributed by atoms with Gasteiger partial charge in [0.15, 0.2) is 0 Å². The molecule has 5 nitrogen and oxygen atoms in total. The van der Waals surface area contributed by atoms with Crippen molar-refractivity contribution >= 4 is 16.8 Å². The van der Waals surface area contributed by atoms with Crippen molar-refractivity contribution in [2.24, 2.45) is 0 Å². The van der Waals surface area contributed by atoms with E-state index in [0.717, 1.165) is 16.7 Å². The highest BCUT2D eigenvalue weighted by Crippen LogP contribution is 2.28. The Hall–Kier alpha value is -3.80. The molecule has 0 aliphatic carbocycles. The molecule has 3 aromatic carbocycles. The highest BCUT2D eigenvalue weighted by Gasteiger charge is 2.24. The third-order valence-electron chi connectivity index (χ3n) is 5.44. The second-order valence-electron chi connectivity index (χ2n) is 7.52. The van der Waals surface area contributed by atoms with Gasteiger partial charge in [0.25, 0.3) is 5.56 Å². The van der Waals surface area contributed by atoms with Crippen LogP contribution in [0.4, 0.5) is 4.39 Å². The lowest BCUT2D eigenvalue weighted by Crippen LogP contribution is -2.37. The largest absolute Gasteiger partial charge is 0.333 e. The number of aromatic nitrogens is 2. The number of carbonyl (C=O) groups is 1. The van der Waals surface area contributed by atoms with Gasteiger partial charge in [-0.15, -0.1) is 0 Å². The summed E-state index contributed by atoms with van der Waals surface area (Å²) in [6, 6.07) is 20.6. The molecule has 0 aliphatic heterocycles. The number of aryl methyl sites for hydroxylation is 1. The molecule has 4 rings (SSSR count). The van der Waals surface area contributed by atoms with E-state index in [0.29, 0.717) is 10.9 Å². The minimum absolute atomic E-state index is 0.142. The first-order valence-corrected chi connectivity index (χ1v) is 9.96. The number of rotatable bonds is 5. The molecule has 1 atom stereocenters. The van der Waals surface area contributed by atoms with Crippen molar-refractivity contribution in [1.29, 1.82) is 0 Å². The van der Waals surface area contributed by atoms with Crippen molar-refractivity contribution in [1.82, 2.24) is 14.5 Å². The zero-order chi connectivity index (χ0) is 22.0. The van der Waals surface area contributed by atoms with Crippen molar-refractivity contribution in [3.05, 3.63) is 112 Å². The molecule has 0 N–H and O–H groups in total. The van der Waals surface area contributed by atoms with Crippen LogP contribution in [0.25, 0.3) is 10.9 Å². The Kier molecular flexibility index (Phi) is 5.62. The predicted molar refractivity (Wildman–Crippen MR) is 118 cm³/mol. The highest BCUT2D eigenvalue weighted by molar-refractivity contribution is 5.81. The summed E-state index contributed by atoms with van der Waals surface area (Å²) >= 11 is 0. The van der Waals surface area contributed by atoms with Gasteiger partial charge in [-0.2, -0.15) is 0 Å². The molecular weight excluding hydrogens is 393 g/mol. The van der Waals surface area contributed by atoms with E-state index in [2.05, 4.69) is 4.98 Å². The van der Waals surface area contributed by atoms with Crippen LogP contribution in [0.3, 0.4) is 0 Å². The van der Waals surface area contributed by atoms with Crippen LogP contribution in [0.5, 0.6) is 0 Å². The molecular formula is C25H22FN3O2. The molecule has 31 heavy (non-hydrogen) atoms. The SMILES string of the molecule is Cc1cccc2c(=O)n(CC(=O)N(C)C(c3ccccc3)c3ccc(F)cc3)cnc12. The van der Waals surface area contributed by atoms with Crippen molar-refractivity contribution in [2.45, 2.75) is 19.5 Å². The third kappa shape index (κ3) is 4.10. The molecule has 1 aromatic heterocycles. The van der Waals surface area contributed by atoms with Crippen LogP contribution in [-0.2, 0) is 11.3 Å². The van der Waals surface area contributed by atoms with Gasteiger partial charge in [0.05, 0.1) is 23.3 Å². The monoisotopic (exact) mass is 415 g/mol. The van der Waals surface area contributed by atoms with Gasteiger partial charge in [-0.3, -0.25) is 14.2 Å². The van der Waals surface area contributed by atoms with E-state index in [-0.39, 0.29) is 23.8 Å².